The summed E-state index contributed by atoms with van der Waals surface area (Å²) in [7, 11) is 6.35. The molecule has 4 nitrogen and oxygen atoms in total. The van der Waals surface area contributed by atoms with Gasteiger partial charge >= 0.3 is 0 Å². The Morgan fingerprint density at radius 2 is 1.95 bits per heavy atom. The normalized spacial score (nSPS) is 11.3. The van der Waals surface area contributed by atoms with Crippen LogP contribution in [0.1, 0.15) is 19.4 Å². The molecule has 1 heterocycles. The zero-order valence-electron chi connectivity index (χ0n) is 13.0. The first-order valence-corrected chi connectivity index (χ1v) is 7.00. The number of pyridine rings is 1. The van der Waals surface area contributed by atoms with Crippen LogP contribution in [0, 0.1) is 5.92 Å². The van der Waals surface area contributed by atoms with Crippen molar-refractivity contribution in [1.29, 1.82) is 0 Å². The third-order valence-electron chi connectivity index (χ3n) is 3.04. The number of hydrogen-bond donors (Lipinski definition) is 1. The second kappa shape index (κ2) is 8.12. The summed E-state index contributed by atoms with van der Waals surface area (Å²) in [6.45, 7) is 8.44. The molecule has 1 rings (SSSR count). The van der Waals surface area contributed by atoms with Crippen LogP contribution in [-0.2, 0) is 6.54 Å². The highest BCUT2D eigenvalue weighted by molar-refractivity contribution is 5.51. The summed E-state index contributed by atoms with van der Waals surface area (Å²) in [5, 5.41) is 3.48. The highest BCUT2D eigenvalue weighted by atomic mass is 15.2. The second-order valence-electron chi connectivity index (χ2n) is 5.75. The van der Waals surface area contributed by atoms with Gasteiger partial charge in [-0.25, -0.2) is 0 Å². The van der Waals surface area contributed by atoms with Crippen molar-refractivity contribution in [2.75, 3.05) is 45.7 Å². The Morgan fingerprint density at radius 3 is 2.58 bits per heavy atom. The van der Waals surface area contributed by atoms with E-state index in [-0.39, 0.29) is 0 Å². The van der Waals surface area contributed by atoms with Crippen molar-refractivity contribution in [3.8, 4) is 0 Å². The SMILES string of the molecule is CC(C)CNCc1cnccc1N(C)CCN(C)C. The highest BCUT2D eigenvalue weighted by Gasteiger charge is 2.07. The number of likely N-dealkylation sites (N-methyl/N-ethyl adjacent to an activating group) is 2. The molecule has 0 amide bonds. The van der Waals surface area contributed by atoms with Crippen LogP contribution in [-0.4, -0.2) is 50.7 Å². The van der Waals surface area contributed by atoms with Crippen molar-refractivity contribution in [3.05, 3.63) is 24.0 Å². The number of hydrogen-bond acceptors (Lipinski definition) is 4. The maximum atomic E-state index is 4.24. The lowest BCUT2D eigenvalue weighted by molar-refractivity contribution is 0.416. The molecule has 0 aliphatic heterocycles. The van der Waals surface area contributed by atoms with Crippen LogP contribution < -0.4 is 10.2 Å². The summed E-state index contributed by atoms with van der Waals surface area (Å²) in [4.78, 5) is 8.75. The summed E-state index contributed by atoms with van der Waals surface area (Å²) in [6.07, 6.45) is 3.84. The van der Waals surface area contributed by atoms with Crippen LogP contribution in [0.15, 0.2) is 18.5 Å². The smallest absolute Gasteiger partial charge is 0.0440 e. The van der Waals surface area contributed by atoms with Gasteiger partial charge in [-0.05, 0) is 32.6 Å². The van der Waals surface area contributed by atoms with E-state index in [1.807, 2.05) is 12.4 Å². The van der Waals surface area contributed by atoms with Gasteiger partial charge in [-0.1, -0.05) is 13.8 Å². The summed E-state index contributed by atoms with van der Waals surface area (Å²) in [5.41, 5.74) is 2.54. The quantitative estimate of drug-likeness (QED) is 0.776. The molecule has 0 aliphatic carbocycles. The Hall–Kier alpha value is -1.13. The van der Waals surface area contributed by atoms with Crippen LogP contribution >= 0.6 is 0 Å². The largest absolute Gasteiger partial charge is 0.373 e. The fraction of sp³-hybridized carbons (Fsp3) is 0.667. The van der Waals surface area contributed by atoms with Gasteiger partial charge in [0.2, 0.25) is 0 Å². The molecule has 0 fully saturated rings. The average molecular weight is 264 g/mol. The monoisotopic (exact) mass is 264 g/mol. The van der Waals surface area contributed by atoms with Crippen molar-refractivity contribution in [2.45, 2.75) is 20.4 Å². The maximum Gasteiger partial charge on any atom is 0.0440 e. The van der Waals surface area contributed by atoms with Gasteiger partial charge in [0, 0.05) is 50.3 Å². The molecule has 0 radical (unpaired) electrons. The predicted molar refractivity (Wildman–Crippen MR) is 82.6 cm³/mol. The Labute approximate surface area is 117 Å². The topological polar surface area (TPSA) is 31.4 Å². The molecule has 0 atom stereocenters. The summed E-state index contributed by atoms with van der Waals surface area (Å²) in [6, 6.07) is 2.10. The van der Waals surface area contributed by atoms with Gasteiger partial charge in [0.05, 0.1) is 0 Å². The molecular formula is C15H28N4. The minimum absolute atomic E-state index is 0.673. The van der Waals surface area contributed by atoms with Gasteiger partial charge in [-0.2, -0.15) is 0 Å². The first-order chi connectivity index (χ1) is 9.00. The molecule has 1 aromatic heterocycles. The van der Waals surface area contributed by atoms with Gasteiger partial charge in [-0.15, -0.1) is 0 Å². The van der Waals surface area contributed by atoms with Gasteiger partial charge in [0.15, 0.2) is 0 Å². The van der Waals surface area contributed by atoms with E-state index in [0.29, 0.717) is 5.92 Å². The zero-order valence-corrected chi connectivity index (χ0v) is 13.0. The second-order valence-corrected chi connectivity index (χ2v) is 5.75. The van der Waals surface area contributed by atoms with E-state index in [1.165, 1.54) is 11.3 Å². The van der Waals surface area contributed by atoms with E-state index in [2.05, 4.69) is 61.2 Å². The van der Waals surface area contributed by atoms with E-state index in [9.17, 15) is 0 Å². The first-order valence-electron chi connectivity index (χ1n) is 7.00. The van der Waals surface area contributed by atoms with Crippen molar-refractivity contribution in [2.24, 2.45) is 5.92 Å². The number of aromatic nitrogens is 1. The Kier molecular flexibility index (Phi) is 6.81. The van der Waals surface area contributed by atoms with Gasteiger partial charge < -0.3 is 15.1 Å². The van der Waals surface area contributed by atoms with Crippen molar-refractivity contribution in [1.82, 2.24) is 15.2 Å². The van der Waals surface area contributed by atoms with Crippen LogP contribution in [0.3, 0.4) is 0 Å². The van der Waals surface area contributed by atoms with Crippen LogP contribution in [0.5, 0.6) is 0 Å². The van der Waals surface area contributed by atoms with Gasteiger partial charge in [-0.3, -0.25) is 4.98 Å². The van der Waals surface area contributed by atoms with Gasteiger partial charge in [0.25, 0.3) is 0 Å². The minimum Gasteiger partial charge on any atom is -0.373 e. The summed E-state index contributed by atoms with van der Waals surface area (Å²) >= 11 is 0. The maximum absolute atomic E-state index is 4.24. The molecule has 0 unspecified atom stereocenters. The number of rotatable bonds is 8. The lowest BCUT2D eigenvalue weighted by Crippen LogP contribution is -2.30. The van der Waals surface area contributed by atoms with Gasteiger partial charge in [0.1, 0.15) is 0 Å². The third kappa shape index (κ3) is 6.03. The lowest BCUT2D eigenvalue weighted by Gasteiger charge is -2.24. The van der Waals surface area contributed by atoms with E-state index >= 15 is 0 Å². The third-order valence-corrected chi connectivity index (χ3v) is 3.04. The Balaban J connectivity index is 2.61. The molecule has 19 heavy (non-hydrogen) atoms. The molecule has 0 bridgehead atoms. The molecule has 0 aliphatic rings. The lowest BCUT2D eigenvalue weighted by atomic mass is 10.2. The molecule has 0 aromatic carbocycles. The van der Waals surface area contributed by atoms with Crippen LogP contribution in [0.2, 0.25) is 0 Å². The fourth-order valence-corrected chi connectivity index (χ4v) is 1.89. The molecule has 4 heteroatoms. The predicted octanol–water partition coefficient (Wildman–Crippen LogP) is 1.82. The average Bonchev–Trinajstić information content (AvgIpc) is 2.36. The summed E-state index contributed by atoms with van der Waals surface area (Å²) < 4.78 is 0. The molecular weight excluding hydrogens is 236 g/mol. The fourth-order valence-electron chi connectivity index (χ4n) is 1.89. The Bertz CT molecular complexity index is 363. The van der Waals surface area contributed by atoms with E-state index in [4.69, 9.17) is 0 Å². The first kappa shape index (κ1) is 15.9. The van der Waals surface area contributed by atoms with Crippen LogP contribution in [0.4, 0.5) is 5.69 Å². The zero-order chi connectivity index (χ0) is 14.3. The standard InChI is InChI=1S/C15H28N4/c1-13(2)10-17-12-14-11-16-7-6-15(14)19(5)9-8-18(3)4/h6-7,11,13,17H,8-10,12H2,1-5H3. The highest BCUT2D eigenvalue weighted by Crippen LogP contribution is 2.17. The van der Waals surface area contributed by atoms with E-state index in [0.717, 1.165) is 26.2 Å². The molecule has 0 spiro atoms. The molecule has 0 saturated carbocycles. The summed E-state index contributed by atoms with van der Waals surface area (Å²) in [5.74, 6) is 0.673. The number of nitrogens with zero attached hydrogens (tertiary/aromatic N) is 3. The van der Waals surface area contributed by atoms with Crippen molar-refractivity contribution < 1.29 is 0 Å². The van der Waals surface area contributed by atoms with E-state index < -0.39 is 0 Å². The van der Waals surface area contributed by atoms with Crippen molar-refractivity contribution in [3.63, 3.8) is 0 Å². The molecule has 108 valence electrons. The van der Waals surface area contributed by atoms with Crippen molar-refractivity contribution >= 4 is 5.69 Å². The number of anilines is 1. The molecule has 1 aromatic rings. The number of nitrogens with one attached hydrogen (secondary N) is 1. The van der Waals surface area contributed by atoms with E-state index in [1.54, 1.807) is 0 Å². The Morgan fingerprint density at radius 1 is 1.21 bits per heavy atom. The van der Waals surface area contributed by atoms with Crippen LogP contribution in [0.25, 0.3) is 0 Å². The molecule has 0 saturated heterocycles. The molecule has 1 N–H and O–H groups in total. The minimum atomic E-state index is 0.673.